The SMILES string of the molecule is c1cc(-c2cccc(-c3ccc4sc5ccc(-n6c7ccccc7c7ccncc76)cc5c4c3)c2)cc(-c2ccc3oc4ccccc4c3c2)c1.c1ccc(-c2ccc3sc4ccc(-c5ccc6oc7ccc(-n8c9ccncc9c9cnccc98)cc7c6c5)cc4c3c2)cc1. The summed E-state index contributed by atoms with van der Waals surface area (Å²) < 4.78 is 22.2. The average molecular weight is 1260 g/mol. The van der Waals surface area contributed by atoms with Gasteiger partial charge in [0.1, 0.15) is 22.3 Å². The van der Waals surface area contributed by atoms with Crippen molar-refractivity contribution in [1.82, 2.24) is 24.1 Å². The summed E-state index contributed by atoms with van der Waals surface area (Å²) in [5.41, 5.74) is 22.4. The molecule has 0 aliphatic heterocycles. The van der Waals surface area contributed by atoms with Crippen LogP contribution in [0.4, 0.5) is 0 Å². The van der Waals surface area contributed by atoms with Gasteiger partial charge < -0.3 is 18.0 Å². The second-order valence-electron chi connectivity index (χ2n) is 24.7. The summed E-state index contributed by atoms with van der Waals surface area (Å²) in [6.45, 7) is 0. The van der Waals surface area contributed by atoms with Crippen LogP contribution in [0.1, 0.15) is 0 Å². The highest BCUT2D eigenvalue weighted by molar-refractivity contribution is 7.26. The molecule has 0 fully saturated rings. The van der Waals surface area contributed by atoms with Crippen LogP contribution in [-0.4, -0.2) is 24.1 Å². The number of furan rings is 2. The first-order valence-electron chi connectivity index (χ1n) is 32.1. The molecule has 0 unspecified atom stereocenters. The Morgan fingerprint density at radius 3 is 1.18 bits per heavy atom. The van der Waals surface area contributed by atoms with Gasteiger partial charge in [-0.25, -0.2) is 0 Å². The van der Waals surface area contributed by atoms with Crippen molar-refractivity contribution in [3.05, 3.63) is 310 Å². The van der Waals surface area contributed by atoms with Gasteiger partial charge in [0.2, 0.25) is 0 Å². The Hall–Kier alpha value is -12.3. The molecule has 0 N–H and O–H groups in total. The predicted molar refractivity (Wildman–Crippen MR) is 402 cm³/mol. The van der Waals surface area contributed by atoms with Gasteiger partial charge in [0.25, 0.3) is 0 Å². The molecular formula is C87H51N5O2S2. The Balaban J connectivity index is 0.000000132. The van der Waals surface area contributed by atoms with E-state index in [1.165, 1.54) is 112 Å². The molecule has 0 saturated heterocycles. The Labute approximate surface area is 556 Å². The van der Waals surface area contributed by atoms with E-state index in [-0.39, 0.29) is 0 Å². The molecule has 9 heterocycles. The monoisotopic (exact) mass is 1260 g/mol. The average Bonchev–Trinajstić information content (AvgIpc) is 1.60. The predicted octanol–water partition coefficient (Wildman–Crippen LogP) is 24.6. The molecule has 96 heavy (non-hydrogen) atoms. The van der Waals surface area contributed by atoms with Crippen LogP contribution in [0, 0.1) is 0 Å². The van der Waals surface area contributed by atoms with Crippen molar-refractivity contribution in [2.45, 2.75) is 0 Å². The van der Waals surface area contributed by atoms with Gasteiger partial charge in [-0.3, -0.25) is 15.0 Å². The lowest BCUT2D eigenvalue weighted by Gasteiger charge is -2.09. The van der Waals surface area contributed by atoms with E-state index >= 15 is 0 Å². The quantitative estimate of drug-likeness (QED) is 0.159. The molecule has 0 aliphatic carbocycles. The van der Waals surface area contributed by atoms with Crippen molar-refractivity contribution < 1.29 is 8.83 Å². The van der Waals surface area contributed by atoms with Gasteiger partial charge >= 0.3 is 0 Å². The van der Waals surface area contributed by atoms with E-state index in [0.717, 1.165) is 82.6 Å². The first-order chi connectivity index (χ1) is 47.5. The molecule has 12 aromatic carbocycles. The highest BCUT2D eigenvalue weighted by Gasteiger charge is 2.19. The van der Waals surface area contributed by atoms with Gasteiger partial charge in [-0.1, -0.05) is 133 Å². The number of rotatable bonds is 7. The zero-order valence-corrected chi connectivity index (χ0v) is 52.9. The van der Waals surface area contributed by atoms with Crippen LogP contribution in [0.5, 0.6) is 0 Å². The third-order valence-corrected chi connectivity index (χ3v) is 21.6. The van der Waals surface area contributed by atoms with Gasteiger partial charge in [0.15, 0.2) is 0 Å². The molecular weight excluding hydrogens is 1210 g/mol. The molecule has 21 aromatic rings. The topological polar surface area (TPSA) is 74.8 Å². The second kappa shape index (κ2) is 21.7. The van der Waals surface area contributed by atoms with Crippen molar-refractivity contribution in [3.63, 3.8) is 0 Å². The number of nitrogens with zero attached hydrogens (tertiary/aromatic N) is 5. The summed E-state index contributed by atoms with van der Waals surface area (Å²) >= 11 is 3.70. The van der Waals surface area contributed by atoms with Gasteiger partial charge in [0, 0.05) is 126 Å². The number of benzene rings is 12. The molecule has 7 nitrogen and oxygen atoms in total. The van der Waals surface area contributed by atoms with Crippen molar-refractivity contribution in [1.29, 1.82) is 0 Å². The highest BCUT2D eigenvalue weighted by Crippen LogP contribution is 2.44. The normalized spacial score (nSPS) is 12.0. The smallest absolute Gasteiger partial charge is 0.135 e. The van der Waals surface area contributed by atoms with E-state index in [4.69, 9.17) is 8.83 Å². The molecule has 0 radical (unpaired) electrons. The molecule has 0 atom stereocenters. The van der Waals surface area contributed by atoms with Crippen molar-refractivity contribution >= 4 is 151 Å². The fourth-order valence-corrected chi connectivity index (χ4v) is 16.8. The van der Waals surface area contributed by atoms with Crippen LogP contribution in [-0.2, 0) is 0 Å². The number of hydrogen-bond donors (Lipinski definition) is 0. The number of pyridine rings is 3. The van der Waals surface area contributed by atoms with E-state index in [9.17, 15) is 0 Å². The van der Waals surface area contributed by atoms with Gasteiger partial charge in [-0.2, -0.15) is 0 Å². The van der Waals surface area contributed by atoms with Crippen LogP contribution in [0.3, 0.4) is 0 Å². The third-order valence-electron chi connectivity index (χ3n) is 19.3. The van der Waals surface area contributed by atoms with Gasteiger partial charge in [-0.15, -0.1) is 22.7 Å². The molecule has 0 spiro atoms. The lowest BCUT2D eigenvalue weighted by Crippen LogP contribution is -1.93. The lowest BCUT2D eigenvalue weighted by atomic mass is 9.95. The summed E-state index contributed by atoms with van der Waals surface area (Å²) in [7, 11) is 0. The molecule has 9 heteroatoms. The van der Waals surface area contributed by atoms with Gasteiger partial charge in [-0.05, 0) is 195 Å². The summed E-state index contributed by atoms with van der Waals surface area (Å²) in [5, 5.41) is 14.3. The zero-order valence-electron chi connectivity index (χ0n) is 51.3. The number of hydrogen-bond acceptors (Lipinski definition) is 7. The minimum atomic E-state index is 0.878. The van der Waals surface area contributed by atoms with Crippen LogP contribution >= 0.6 is 22.7 Å². The third kappa shape index (κ3) is 8.82. The van der Waals surface area contributed by atoms with E-state index in [2.05, 4.69) is 285 Å². The van der Waals surface area contributed by atoms with Crippen LogP contribution in [0.25, 0.3) is 195 Å². The van der Waals surface area contributed by atoms with E-state index < -0.39 is 0 Å². The summed E-state index contributed by atoms with van der Waals surface area (Å²) in [6, 6.07) is 98.4. The highest BCUT2D eigenvalue weighted by atomic mass is 32.1. The fourth-order valence-electron chi connectivity index (χ4n) is 14.7. The van der Waals surface area contributed by atoms with Crippen molar-refractivity contribution in [3.8, 4) is 67.0 Å². The molecule has 0 bridgehead atoms. The molecule has 21 rings (SSSR count). The minimum Gasteiger partial charge on any atom is -0.456 e. The number of fused-ring (bicyclic) bond motifs is 18. The van der Waals surface area contributed by atoms with E-state index in [1.54, 1.807) is 0 Å². The number of para-hydroxylation sites is 2. The Morgan fingerprint density at radius 1 is 0.219 bits per heavy atom. The number of thiophene rings is 2. The number of aromatic nitrogens is 5. The van der Waals surface area contributed by atoms with E-state index in [0.29, 0.717) is 0 Å². The lowest BCUT2D eigenvalue weighted by molar-refractivity contribution is 0.668. The van der Waals surface area contributed by atoms with Crippen LogP contribution in [0.2, 0.25) is 0 Å². The summed E-state index contributed by atoms with van der Waals surface area (Å²) in [5.74, 6) is 0. The Morgan fingerprint density at radius 2 is 0.583 bits per heavy atom. The largest absolute Gasteiger partial charge is 0.456 e. The first-order valence-corrected chi connectivity index (χ1v) is 33.8. The van der Waals surface area contributed by atoms with Crippen LogP contribution in [0.15, 0.2) is 319 Å². The zero-order chi connectivity index (χ0) is 63.0. The summed E-state index contributed by atoms with van der Waals surface area (Å²) in [6.07, 6.45) is 11.4. The summed E-state index contributed by atoms with van der Waals surface area (Å²) in [4.78, 5) is 13.3. The minimum absolute atomic E-state index is 0.878. The van der Waals surface area contributed by atoms with E-state index in [1.807, 2.05) is 72.0 Å². The molecule has 0 aliphatic rings. The van der Waals surface area contributed by atoms with Crippen molar-refractivity contribution in [2.75, 3.05) is 0 Å². The van der Waals surface area contributed by atoms with Gasteiger partial charge in [0.05, 0.1) is 28.3 Å². The standard InChI is InChI=1S/C47H28N2OS.C40H23N3OS/c1-3-13-42-36(11-1)37-21-22-48-28-43(37)49(42)35-17-20-47-41(27-35)40-26-34(16-19-46(40)51-47)32-10-6-8-30(24-32)29-7-5-9-31(23-29)33-15-18-45-39(25-33)38-12-2-4-14-44(38)50-45;1-2-4-24(5-3-1)25-7-12-39-31(19-25)32-20-27(8-13-40(32)45-39)26-6-10-37-29(18-26)30-21-28(9-11-38(30)44-37)43-35-14-16-41-22-33(35)34-23-42-17-15-36(34)43/h1-28H;1-23H. The maximum absolute atomic E-state index is 6.33. The molecule has 448 valence electrons. The van der Waals surface area contributed by atoms with Crippen molar-refractivity contribution in [2.24, 2.45) is 0 Å². The molecule has 0 amide bonds. The maximum atomic E-state index is 6.33. The second-order valence-corrected chi connectivity index (χ2v) is 26.9. The Kier molecular flexibility index (Phi) is 12.3. The molecule has 9 aromatic heterocycles. The first kappa shape index (κ1) is 54.3. The molecule has 0 saturated carbocycles. The fraction of sp³-hybridized carbons (Fsp3) is 0. The Bertz CT molecular complexity index is 6640. The van der Waals surface area contributed by atoms with Crippen LogP contribution < -0.4 is 0 Å². The maximum Gasteiger partial charge on any atom is 0.135 e.